The van der Waals surface area contributed by atoms with Crippen LogP contribution in [0.25, 0.3) is 0 Å². The normalized spacial score (nSPS) is 27.7. The number of amides is 2. The van der Waals surface area contributed by atoms with Gasteiger partial charge in [-0.25, -0.2) is 0 Å². The number of para-hydroxylation sites is 1. The first kappa shape index (κ1) is 20.2. The first-order valence-corrected chi connectivity index (χ1v) is 11.3. The number of benzene rings is 1. The molecular formula is C24H34N2O3. The average Bonchev–Trinajstić information content (AvgIpc) is 2.90. The second-order valence-corrected chi connectivity index (χ2v) is 9.28. The van der Waals surface area contributed by atoms with Crippen LogP contribution in [0.3, 0.4) is 0 Å². The highest BCUT2D eigenvalue weighted by molar-refractivity contribution is 5.79. The van der Waals surface area contributed by atoms with Crippen LogP contribution in [-0.2, 0) is 16.1 Å². The molecule has 1 heterocycles. The lowest BCUT2D eigenvalue weighted by molar-refractivity contribution is -0.139. The topological polar surface area (TPSA) is 49.9 Å². The Morgan fingerprint density at radius 3 is 2.45 bits per heavy atom. The Labute approximate surface area is 174 Å². The van der Waals surface area contributed by atoms with Gasteiger partial charge in [0.15, 0.2) is 0 Å². The van der Waals surface area contributed by atoms with E-state index in [4.69, 9.17) is 4.74 Å². The summed E-state index contributed by atoms with van der Waals surface area (Å²) in [6, 6.07) is 8.35. The third-order valence-corrected chi connectivity index (χ3v) is 7.30. The predicted octanol–water partition coefficient (Wildman–Crippen LogP) is 4.15. The van der Waals surface area contributed by atoms with E-state index in [1.54, 1.807) is 6.92 Å². The molecule has 3 aliphatic rings. The van der Waals surface area contributed by atoms with Crippen molar-refractivity contribution in [3.05, 3.63) is 29.8 Å². The number of hydrogen-bond donors (Lipinski definition) is 0. The van der Waals surface area contributed by atoms with E-state index in [0.717, 1.165) is 49.8 Å². The number of nitrogens with zero attached hydrogens (tertiary/aromatic N) is 2. The summed E-state index contributed by atoms with van der Waals surface area (Å²) in [7, 11) is 1.99. The van der Waals surface area contributed by atoms with E-state index in [9.17, 15) is 9.59 Å². The summed E-state index contributed by atoms with van der Waals surface area (Å²) >= 11 is 0. The molecule has 1 aromatic rings. The fourth-order valence-corrected chi connectivity index (χ4v) is 5.43. The number of carbonyl (C=O) groups excluding carboxylic acids is 2. The highest BCUT2D eigenvalue weighted by Gasteiger charge is 2.43. The van der Waals surface area contributed by atoms with E-state index < -0.39 is 0 Å². The first-order chi connectivity index (χ1) is 14.0. The van der Waals surface area contributed by atoms with Crippen molar-refractivity contribution in [2.24, 2.45) is 5.92 Å². The van der Waals surface area contributed by atoms with Crippen molar-refractivity contribution < 1.29 is 14.3 Å². The molecule has 1 aliphatic heterocycles. The molecule has 0 atom stereocenters. The first-order valence-electron chi connectivity index (χ1n) is 11.3. The van der Waals surface area contributed by atoms with Crippen molar-refractivity contribution >= 4 is 11.8 Å². The summed E-state index contributed by atoms with van der Waals surface area (Å²) in [6.45, 7) is 2.88. The molecule has 5 heteroatoms. The Hall–Kier alpha value is -2.04. The maximum atomic E-state index is 13.0. The largest absolute Gasteiger partial charge is 0.485 e. The fraction of sp³-hybridized carbons (Fsp3) is 0.667. The molecule has 0 radical (unpaired) electrons. The molecular weight excluding hydrogens is 364 g/mol. The van der Waals surface area contributed by atoms with E-state index in [1.165, 1.54) is 19.3 Å². The molecule has 158 valence electrons. The number of rotatable bonds is 2. The van der Waals surface area contributed by atoms with Crippen LogP contribution in [0.5, 0.6) is 5.75 Å². The van der Waals surface area contributed by atoms with Crippen molar-refractivity contribution in [2.75, 3.05) is 13.6 Å². The van der Waals surface area contributed by atoms with Gasteiger partial charge in [-0.1, -0.05) is 37.5 Å². The van der Waals surface area contributed by atoms with Crippen molar-refractivity contribution in [3.63, 3.8) is 0 Å². The molecule has 2 saturated carbocycles. The van der Waals surface area contributed by atoms with Gasteiger partial charge in [0.2, 0.25) is 11.8 Å². The van der Waals surface area contributed by atoms with Gasteiger partial charge >= 0.3 is 0 Å². The van der Waals surface area contributed by atoms with Gasteiger partial charge in [0, 0.05) is 38.0 Å². The number of ether oxygens (including phenoxy) is 1. The summed E-state index contributed by atoms with van der Waals surface area (Å²) in [5.74, 6) is 1.56. The molecule has 2 aliphatic carbocycles. The van der Waals surface area contributed by atoms with Gasteiger partial charge in [0.25, 0.3) is 0 Å². The molecule has 0 aromatic heterocycles. The lowest BCUT2D eigenvalue weighted by Gasteiger charge is -2.44. The molecule has 1 aromatic carbocycles. The van der Waals surface area contributed by atoms with Crippen molar-refractivity contribution in [2.45, 2.75) is 82.9 Å². The molecule has 2 amide bonds. The standard InChI is InChI=1S/C24H34N2O3/c1-18(27)26-16-20-10-6-7-11-22(20)29-24(17-26)14-12-21(13-15-24)25(2)23(28)19-8-4-3-5-9-19/h6-7,10-11,19,21H,3-5,8-9,12-17H2,1-2H3. The summed E-state index contributed by atoms with van der Waals surface area (Å²) in [5, 5.41) is 0. The van der Waals surface area contributed by atoms with Gasteiger partial charge in [-0.3, -0.25) is 9.59 Å². The molecule has 29 heavy (non-hydrogen) atoms. The highest BCUT2D eigenvalue weighted by atomic mass is 16.5. The van der Waals surface area contributed by atoms with Gasteiger partial charge in [-0.2, -0.15) is 0 Å². The minimum Gasteiger partial charge on any atom is -0.485 e. The smallest absolute Gasteiger partial charge is 0.225 e. The van der Waals surface area contributed by atoms with Crippen LogP contribution in [-0.4, -0.2) is 46.8 Å². The summed E-state index contributed by atoms with van der Waals surface area (Å²) in [5.41, 5.74) is 0.732. The molecule has 0 N–H and O–H groups in total. The van der Waals surface area contributed by atoms with Gasteiger partial charge in [0.1, 0.15) is 11.4 Å². The number of fused-ring (bicyclic) bond motifs is 1. The molecule has 2 fully saturated rings. The molecule has 4 rings (SSSR count). The maximum Gasteiger partial charge on any atom is 0.225 e. The van der Waals surface area contributed by atoms with Gasteiger partial charge in [-0.15, -0.1) is 0 Å². The Bertz CT molecular complexity index is 748. The quantitative estimate of drug-likeness (QED) is 0.752. The minimum atomic E-state index is -0.344. The van der Waals surface area contributed by atoms with Crippen molar-refractivity contribution in [1.29, 1.82) is 0 Å². The molecule has 0 bridgehead atoms. The Morgan fingerprint density at radius 2 is 1.76 bits per heavy atom. The van der Waals surface area contributed by atoms with E-state index in [2.05, 4.69) is 0 Å². The van der Waals surface area contributed by atoms with Crippen LogP contribution < -0.4 is 4.74 Å². The van der Waals surface area contributed by atoms with Crippen LogP contribution in [0, 0.1) is 5.92 Å². The summed E-state index contributed by atoms with van der Waals surface area (Å²) in [4.78, 5) is 29.2. The van der Waals surface area contributed by atoms with Crippen LogP contribution in [0.4, 0.5) is 0 Å². The van der Waals surface area contributed by atoms with Crippen LogP contribution in [0.15, 0.2) is 24.3 Å². The highest BCUT2D eigenvalue weighted by Crippen LogP contribution is 2.39. The second kappa shape index (κ2) is 8.37. The Balaban J connectivity index is 1.45. The van der Waals surface area contributed by atoms with E-state index in [1.807, 2.05) is 41.1 Å². The molecule has 1 spiro atoms. The zero-order valence-electron chi connectivity index (χ0n) is 17.9. The lowest BCUT2D eigenvalue weighted by Crippen LogP contribution is -2.53. The van der Waals surface area contributed by atoms with Gasteiger partial charge < -0.3 is 14.5 Å². The van der Waals surface area contributed by atoms with Crippen molar-refractivity contribution in [1.82, 2.24) is 9.80 Å². The SMILES string of the molecule is CC(=O)N1Cc2ccccc2OC2(CCC(N(C)C(=O)C3CCCCC3)CC2)C1. The Kier molecular flexibility index (Phi) is 5.84. The third-order valence-electron chi connectivity index (χ3n) is 7.30. The Morgan fingerprint density at radius 1 is 1.07 bits per heavy atom. The fourth-order valence-electron chi connectivity index (χ4n) is 5.43. The average molecular weight is 399 g/mol. The van der Waals surface area contributed by atoms with E-state index in [0.29, 0.717) is 19.0 Å². The van der Waals surface area contributed by atoms with E-state index in [-0.39, 0.29) is 23.5 Å². The zero-order chi connectivity index (χ0) is 20.4. The zero-order valence-corrected chi connectivity index (χ0v) is 17.9. The lowest BCUT2D eigenvalue weighted by atomic mass is 9.80. The van der Waals surface area contributed by atoms with Crippen LogP contribution in [0.2, 0.25) is 0 Å². The second-order valence-electron chi connectivity index (χ2n) is 9.28. The van der Waals surface area contributed by atoms with E-state index >= 15 is 0 Å². The van der Waals surface area contributed by atoms with Gasteiger partial charge in [0.05, 0.1) is 6.54 Å². The molecule has 0 saturated heterocycles. The minimum absolute atomic E-state index is 0.0939. The summed E-state index contributed by atoms with van der Waals surface area (Å²) in [6.07, 6.45) is 9.35. The maximum absolute atomic E-state index is 13.0. The van der Waals surface area contributed by atoms with Crippen molar-refractivity contribution in [3.8, 4) is 5.75 Å². The monoisotopic (exact) mass is 398 g/mol. The van der Waals surface area contributed by atoms with Gasteiger partial charge in [-0.05, 0) is 44.6 Å². The number of carbonyl (C=O) groups is 2. The number of hydrogen-bond acceptors (Lipinski definition) is 3. The van der Waals surface area contributed by atoms with Crippen LogP contribution >= 0.6 is 0 Å². The predicted molar refractivity (Wildman–Crippen MR) is 112 cm³/mol. The molecule has 5 nitrogen and oxygen atoms in total. The summed E-state index contributed by atoms with van der Waals surface area (Å²) < 4.78 is 6.57. The molecule has 0 unspecified atom stereocenters. The van der Waals surface area contributed by atoms with Crippen LogP contribution in [0.1, 0.15) is 70.3 Å². The third kappa shape index (κ3) is 4.29.